The molecule has 4 heteroatoms. The Morgan fingerprint density at radius 1 is 0.889 bits per heavy atom. The number of rotatable bonds is 4. The first kappa shape index (κ1) is 17.2. The molecule has 0 saturated heterocycles. The van der Waals surface area contributed by atoms with Crippen molar-refractivity contribution in [3.63, 3.8) is 0 Å². The van der Waals surface area contributed by atoms with E-state index in [1.807, 2.05) is 66.7 Å². The highest BCUT2D eigenvalue weighted by Crippen LogP contribution is 2.37. The van der Waals surface area contributed by atoms with E-state index < -0.39 is 5.72 Å². The quantitative estimate of drug-likeness (QED) is 0.769. The van der Waals surface area contributed by atoms with Gasteiger partial charge in [-0.2, -0.15) is 10.1 Å². The number of aliphatic hydroxyl groups is 1. The second kappa shape index (κ2) is 7.17. The van der Waals surface area contributed by atoms with Gasteiger partial charge in [-0.15, -0.1) is 0 Å². The van der Waals surface area contributed by atoms with E-state index in [9.17, 15) is 9.90 Å². The Morgan fingerprint density at radius 3 is 2.07 bits per heavy atom. The Kier molecular flexibility index (Phi) is 4.57. The van der Waals surface area contributed by atoms with E-state index in [2.05, 4.69) is 5.10 Å². The molecule has 1 amide bonds. The summed E-state index contributed by atoms with van der Waals surface area (Å²) in [7, 11) is 0. The molecule has 134 valence electrons. The fourth-order valence-corrected chi connectivity index (χ4v) is 3.39. The second-order valence-corrected chi connectivity index (χ2v) is 6.67. The van der Waals surface area contributed by atoms with E-state index in [1.165, 1.54) is 5.01 Å². The standard InChI is InChI=1S/C23H20N2O2/c26-22(19-12-6-2-7-13-19)25-23(27,20-14-8-3-9-15-20)17-21(24-25)16-18-10-4-1-5-11-18/h1-15,27H,16-17H2. The van der Waals surface area contributed by atoms with Gasteiger partial charge in [-0.05, 0) is 17.7 Å². The molecular formula is C23H20N2O2. The highest BCUT2D eigenvalue weighted by Gasteiger charge is 2.45. The Labute approximate surface area is 158 Å². The second-order valence-electron chi connectivity index (χ2n) is 6.67. The minimum absolute atomic E-state index is 0.282. The Bertz CT molecular complexity index is 955. The van der Waals surface area contributed by atoms with E-state index >= 15 is 0 Å². The molecule has 4 nitrogen and oxygen atoms in total. The monoisotopic (exact) mass is 356 g/mol. The first-order chi connectivity index (χ1) is 13.2. The van der Waals surface area contributed by atoms with Gasteiger partial charge in [0.15, 0.2) is 5.72 Å². The lowest BCUT2D eigenvalue weighted by molar-refractivity contribution is -0.0765. The molecule has 1 atom stereocenters. The average molecular weight is 356 g/mol. The molecule has 27 heavy (non-hydrogen) atoms. The number of benzene rings is 3. The minimum Gasteiger partial charge on any atom is -0.365 e. The van der Waals surface area contributed by atoms with Gasteiger partial charge < -0.3 is 5.11 Å². The average Bonchev–Trinajstić information content (AvgIpc) is 3.07. The Morgan fingerprint density at radius 2 is 1.44 bits per heavy atom. The van der Waals surface area contributed by atoms with Crippen molar-refractivity contribution in [2.24, 2.45) is 5.10 Å². The maximum absolute atomic E-state index is 13.1. The number of amides is 1. The summed E-state index contributed by atoms with van der Waals surface area (Å²) in [6.45, 7) is 0. The maximum Gasteiger partial charge on any atom is 0.276 e. The van der Waals surface area contributed by atoms with E-state index in [0.717, 1.165) is 11.3 Å². The van der Waals surface area contributed by atoms with Crippen molar-refractivity contribution in [2.45, 2.75) is 18.6 Å². The van der Waals surface area contributed by atoms with E-state index in [-0.39, 0.29) is 12.3 Å². The third-order valence-corrected chi connectivity index (χ3v) is 4.74. The zero-order valence-corrected chi connectivity index (χ0v) is 14.8. The van der Waals surface area contributed by atoms with Crippen LogP contribution in [0.3, 0.4) is 0 Å². The Hall–Kier alpha value is -3.24. The number of carbonyl (C=O) groups is 1. The molecule has 0 aliphatic carbocycles. The fourth-order valence-electron chi connectivity index (χ4n) is 3.39. The first-order valence-corrected chi connectivity index (χ1v) is 8.94. The van der Waals surface area contributed by atoms with Gasteiger partial charge in [0.2, 0.25) is 0 Å². The van der Waals surface area contributed by atoms with Crippen LogP contribution >= 0.6 is 0 Å². The van der Waals surface area contributed by atoms with Crippen LogP contribution in [0.2, 0.25) is 0 Å². The predicted octanol–water partition coefficient (Wildman–Crippen LogP) is 3.98. The number of hydrogen-bond acceptors (Lipinski definition) is 3. The summed E-state index contributed by atoms with van der Waals surface area (Å²) in [4.78, 5) is 13.1. The van der Waals surface area contributed by atoms with Crippen LogP contribution in [0.4, 0.5) is 0 Å². The molecule has 0 radical (unpaired) electrons. The highest BCUT2D eigenvalue weighted by atomic mass is 16.3. The van der Waals surface area contributed by atoms with Crippen molar-refractivity contribution in [1.29, 1.82) is 0 Å². The van der Waals surface area contributed by atoms with Gasteiger partial charge in [-0.1, -0.05) is 78.9 Å². The van der Waals surface area contributed by atoms with Crippen LogP contribution in [-0.4, -0.2) is 21.7 Å². The van der Waals surface area contributed by atoms with Crippen molar-refractivity contribution in [3.05, 3.63) is 108 Å². The lowest BCUT2D eigenvalue weighted by atomic mass is 9.94. The van der Waals surface area contributed by atoms with Crippen molar-refractivity contribution < 1.29 is 9.90 Å². The third-order valence-electron chi connectivity index (χ3n) is 4.74. The molecule has 0 aromatic heterocycles. The minimum atomic E-state index is -1.49. The topological polar surface area (TPSA) is 52.9 Å². The molecule has 1 heterocycles. The van der Waals surface area contributed by atoms with Crippen molar-refractivity contribution in [3.8, 4) is 0 Å². The fraction of sp³-hybridized carbons (Fsp3) is 0.130. The van der Waals surface area contributed by atoms with Crippen molar-refractivity contribution >= 4 is 11.6 Å². The first-order valence-electron chi connectivity index (χ1n) is 8.94. The zero-order chi connectivity index (χ0) is 18.7. The third kappa shape index (κ3) is 3.39. The summed E-state index contributed by atoms with van der Waals surface area (Å²) in [5.41, 5.74) is 1.54. The summed E-state index contributed by atoms with van der Waals surface area (Å²) in [5, 5.41) is 17.3. The summed E-state index contributed by atoms with van der Waals surface area (Å²) in [5.74, 6) is -0.315. The molecule has 0 saturated carbocycles. The van der Waals surface area contributed by atoms with E-state index in [0.29, 0.717) is 17.5 Å². The van der Waals surface area contributed by atoms with E-state index in [1.54, 1.807) is 24.3 Å². The van der Waals surface area contributed by atoms with Gasteiger partial charge >= 0.3 is 0 Å². The van der Waals surface area contributed by atoms with Gasteiger partial charge in [0.05, 0.1) is 0 Å². The van der Waals surface area contributed by atoms with Gasteiger partial charge in [0, 0.05) is 29.7 Å². The van der Waals surface area contributed by atoms with Crippen LogP contribution in [0.15, 0.2) is 96.1 Å². The largest absolute Gasteiger partial charge is 0.365 e. The lowest BCUT2D eigenvalue weighted by Gasteiger charge is -2.31. The molecule has 0 bridgehead atoms. The zero-order valence-electron chi connectivity index (χ0n) is 14.8. The van der Waals surface area contributed by atoms with Crippen LogP contribution in [0.1, 0.15) is 27.9 Å². The molecule has 1 N–H and O–H groups in total. The van der Waals surface area contributed by atoms with Gasteiger partial charge in [-0.25, -0.2) is 0 Å². The highest BCUT2D eigenvalue weighted by molar-refractivity contribution is 5.98. The summed E-state index contributed by atoms with van der Waals surface area (Å²) in [6, 6.07) is 28.1. The lowest BCUT2D eigenvalue weighted by Crippen LogP contribution is -2.43. The summed E-state index contributed by atoms with van der Waals surface area (Å²) >= 11 is 0. The van der Waals surface area contributed by atoms with E-state index in [4.69, 9.17) is 0 Å². The molecule has 1 unspecified atom stereocenters. The smallest absolute Gasteiger partial charge is 0.276 e. The molecule has 0 fully saturated rings. The van der Waals surface area contributed by atoms with Crippen LogP contribution in [-0.2, 0) is 12.1 Å². The molecule has 0 spiro atoms. The van der Waals surface area contributed by atoms with Gasteiger partial charge in [-0.3, -0.25) is 4.79 Å². The van der Waals surface area contributed by atoms with Crippen LogP contribution in [0.5, 0.6) is 0 Å². The number of hydrogen-bond donors (Lipinski definition) is 1. The molecule has 3 aromatic carbocycles. The normalized spacial score (nSPS) is 19.0. The van der Waals surface area contributed by atoms with Crippen molar-refractivity contribution in [1.82, 2.24) is 5.01 Å². The molecular weight excluding hydrogens is 336 g/mol. The predicted molar refractivity (Wildman–Crippen MR) is 105 cm³/mol. The summed E-state index contributed by atoms with van der Waals surface area (Å²) < 4.78 is 0. The van der Waals surface area contributed by atoms with Gasteiger partial charge in [0.25, 0.3) is 5.91 Å². The Balaban J connectivity index is 1.71. The van der Waals surface area contributed by atoms with Crippen LogP contribution in [0, 0.1) is 0 Å². The SMILES string of the molecule is O=C(c1ccccc1)N1N=C(Cc2ccccc2)CC1(O)c1ccccc1. The number of nitrogens with zero attached hydrogens (tertiary/aromatic N) is 2. The number of carbonyl (C=O) groups excluding carboxylic acids is 1. The summed E-state index contributed by atoms with van der Waals surface area (Å²) in [6.07, 6.45) is 0.874. The molecule has 1 aliphatic heterocycles. The molecule has 1 aliphatic rings. The van der Waals surface area contributed by atoms with Crippen molar-refractivity contribution in [2.75, 3.05) is 0 Å². The van der Waals surface area contributed by atoms with Crippen LogP contribution in [0.25, 0.3) is 0 Å². The number of hydrazone groups is 1. The van der Waals surface area contributed by atoms with Gasteiger partial charge in [0.1, 0.15) is 0 Å². The molecule has 4 rings (SSSR count). The maximum atomic E-state index is 13.1. The molecule has 3 aromatic rings. The van der Waals surface area contributed by atoms with Crippen LogP contribution < -0.4 is 0 Å².